The molecule has 0 fully saturated rings. The summed E-state index contributed by atoms with van der Waals surface area (Å²) in [5, 5.41) is 0. The lowest BCUT2D eigenvalue weighted by molar-refractivity contribution is 0.416. The molecule has 0 heterocycles. The molecule has 0 N–H and O–H groups in total. The Morgan fingerprint density at radius 2 is 0.361 bits per heavy atom. The van der Waals surface area contributed by atoms with Crippen molar-refractivity contribution in [1.82, 2.24) is 0 Å². The minimum absolute atomic E-state index is 0.855. The largest absolute Gasteiger partial charge is 0.496 e. The van der Waals surface area contributed by atoms with Gasteiger partial charge in [0.15, 0.2) is 0 Å². The van der Waals surface area contributed by atoms with Crippen LogP contribution in [0.5, 0.6) is 11.5 Å². The Morgan fingerprint density at radius 3 is 0.569 bits per heavy atom. The molecule has 28 aliphatic carbocycles. The number of hydrogen-bond donors (Lipinski definition) is 0. The number of rotatable bonds is 2. The van der Waals surface area contributed by atoms with Gasteiger partial charge in [0.05, 0.1) is 14.2 Å². The van der Waals surface area contributed by atoms with Crippen LogP contribution in [0.3, 0.4) is 0 Å². The molecule has 20 bridgehead atoms. The maximum absolute atomic E-state index is 6.05. The van der Waals surface area contributed by atoms with Crippen molar-refractivity contribution < 1.29 is 9.47 Å². The second-order valence-electron chi connectivity index (χ2n) is 19.8. The highest BCUT2D eigenvalue weighted by Crippen LogP contribution is 2.44. The molecule has 0 unspecified atom stereocenters. The Labute approximate surface area is 426 Å². The molecule has 352 valence electrons. The first-order valence-corrected chi connectivity index (χ1v) is 25.1. The van der Waals surface area contributed by atoms with Crippen LogP contribution in [-0.4, -0.2) is 14.2 Å². The van der Waals surface area contributed by atoms with Gasteiger partial charge in [-0.3, -0.25) is 0 Å². The molecule has 28 aliphatic rings. The van der Waals surface area contributed by atoms with E-state index >= 15 is 0 Å². The van der Waals surface area contributed by atoms with Crippen molar-refractivity contribution in [1.29, 1.82) is 0 Å². The van der Waals surface area contributed by atoms with Crippen LogP contribution in [0.25, 0.3) is 111 Å². The third kappa shape index (κ3) is 7.92. The smallest absolute Gasteiger partial charge is 0.127 e. The summed E-state index contributed by atoms with van der Waals surface area (Å²) in [6.45, 7) is 18.2. The van der Waals surface area contributed by atoms with Crippen LogP contribution >= 0.6 is 0 Å². The average molecular weight is 933 g/mol. The van der Waals surface area contributed by atoms with Gasteiger partial charge in [-0.1, -0.05) is 170 Å². The SMILES string of the molecule is COc1cc2ccc1-c1ccc(cc1)-c1ccc(cc1)-c1c(C)c(C)c(c(C)c1C)-c1ccc(cc1)-c1ccc(c(OC)c1)-c1ccc(cc1)-c1ccc(cc1)-c1c(C)c(C)c(c(C)c1C)-c1ccc-2cc1. The molecule has 0 aliphatic heterocycles. The quantitative estimate of drug-likeness (QED) is 0.172. The monoisotopic (exact) mass is 932 g/mol. The zero-order valence-electron chi connectivity index (χ0n) is 43.1. The molecule has 0 radical (unpaired) electrons. The van der Waals surface area contributed by atoms with Gasteiger partial charge in [0.1, 0.15) is 11.5 Å². The zero-order chi connectivity index (χ0) is 49.9. The molecule has 2 nitrogen and oxygen atoms in total. The Morgan fingerprint density at radius 1 is 0.194 bits per heavy atom. The third-order valence-corrected chi connectivity index (χ3v) is 16.1. The number of benzene rings is 10. The molecule has 38 rings (SSSR count). The molecule has 2 heteroatoms. The van der Waals surface area contributed by atoms with Crippen molar-refractivity contribution >= 4 is 0 Å². The summed E-state index contributed by atoms with van der Waals surface area (Å²) in [5.41, 5.74) is 34.3. The first-order chi connectivity index (χ1) is 34.9. The highest BCUT2D eigenvalue weighted by molar-refractivity contribution is 5.88. The van der Waals surface area contributed by atoms with Crippen molar-refractivity contribution in [2.75, 3.05) is 14.2 Å². The molecule has 72 heavy (non-hydrogen) atoms. The van der Waals surface area contributed by atoms with E-state index in [4.69, 9.17) is 9.47 Å². The van der Waals surface area contributed by atoms with E-state index in [1.54, 1.807) is 14.2 Å². The van der Waals surface area contributed by atoms with Crippen LogP contribution in [-0.2, 0) is 0 Å². The summed E-state index contributed by atoms with van der Waals surface area (Å²) in [7, 11) is 3.53. The predicted octanol–water partition coefficient (Wildman–Crippen LogP) is 19.2. The molecule has 0 saturated carbocycles. The summed E-state index contributed by atoms with van der Waals surface area (Å²) in [6.07, 6.45) is 0. The van der Waals surface area contributed by atoms with Crippen LogP contribution in [0.2, 0.25) is 0 Å². The van der Waals surface area contributed by atoms with E-state index in [1.807, 2.05) is 0 Å². The predicted molar refractivity (Wildman–Crippen MR) is 305 cm³/mol. The Balaban J connectivity index is 0.996. The molecule has 0 atom stereocenters. The first kappa shape index (κ1) is 46.2. The maximum atomic E-state index is 6.05. The molecule has 0 saturated heterocycles. The first-order valence-electron chi connectivity index (χ1n) is 25.1. The number of methoxy groups -OCH3 is 2. The standard InChI is InChI=1S/C70H60O2/c1-41-45(5)69-46(6)42(2)67(41)57-27-15-51(16-28-57)49-11-23-55(24-12-49)64-38-36-62(40-66(64)72-10)54-21-33-60(34-22-54)70-47(7)43(3)68(44(4)48(70)8)58-29-17-52(18-30-58)50-13-25-56(26-14-50)63-37-35-61(39-65(63)71-9)53-19-31-59(69)32-20-53/h11-40H,1-10H3. The Hall–Kier alpha value is -8.20. The fourth-order valence-electron chi connectivity index (χ4n) is 11.6. The van der Waals surface area contributed by atoms with Crippen LogP contribution in [0.1, 0.15) is 44.5 Å². The summed E-state index contributed by atoms with van der Waals surface area (Å²) in [4.78, 5) is 0. The fourth-order valence-corrected chi connectivity index (χ4v) is 11.6. The minimum Gasteiger partial charge on any atom is -0.496 e. The van der Waals surface area contributed by atoms with E-state index in [0.29, 0.717) is 0 Å². The van der Waals surface area contributed by atoms with Gasteiger partial charge in [0.2, 0.25) is 0 Å². The highest BCUT2D eigenvalue weighted by atomic mass is 16.5. The molecule has 10 aromatic carbocycles. The van der Waals surface area contributed by atoms with Gasteiger partial charge in [-0.25, -0.2) is 0 Å². The molecule has 0 spiro atoms. The summed E-state index contributed by atoms with van der Waals surface area (Å²) >= 11 is 0. The van der Waals surface area contributed by atoms with Crippen molar-refractivity contribution in [3.05, 3.63) is 226 Å². The van der Waals surface area contributed by atoms with Crippen molar-refractivity contribution in [3.63, 3.8) is 0 Å². The molecular formula is C70H60O2. The fraction of sp³-hybridized carbons (Fsp3) is 0.143. The molecule has 0 aromatic heterocycles. The Bertz CT molecular complexity index is 3400. The average Bonchev–Trinajstić information content (AvgIpc) is 3.42. The van der Waals surface area contributed by atoms with Crippen LogP contribution in [0, 0.1) is 55.4 Å². The van der Waals surface area contributed by atoms with Gasteiger partial charge in [0, 0.05) is 11.1 Å². The van der Waals surface area contributed by atoms with Gasteiger partial charge < -0.3 is 9.47 Å². The lowest BCUT2D eigenvalue weighted by Crippen LogP contribution is -2.00. The van der Waals surface area contributed by atoms with Crippen molar-refractivity contribution in [3.8, 4) is 123 Å². The van der Waals surface area contributed by atoms with Gasteiger partial charge in [-0.2, -0.15) is 0 Å². The maximum Gasteiger partial charge on any atom is 0.127 e. The molecule has 10 aromatic rings. The van der Waals surface area contributed by atoms with E-state index in [1.165, 1.54) is 111 Å². The van der Waals surface area contributed by atoms with E-state index in [9.17, 15) is 0 Å². The van der Waals surface area contributed by atoms with Crippen molar-refractivity contribution in [2.24, 2.45) is 0 Å². The van der Waals surface area contributed by atoms with Crippen LogP contribution in [0.4, 0.5) is 0 Å². The van der Waals surface area contributed by atoms with Gasteiger partial charge in [-0.05, 0) is 212 Å². The second kappa shape index (κ2) is 18.5. The lowest BCUT2D eigenvalue weighted by atomic mass is 9.83. The second-order valence-corrected chi connectivity index (χ2v) is 19.8. The minimum atomic E-state index is 0.855. The third-order valence-electron chi connectivity index (χ3n) is 16.1. The van der Waals surface area contributed by atoms with E-state index in [-0.39, 0.29) is 0 Å². The van der Waals surface area contributed by atoms with Crippen molar-refractivity contribution in [2.45, 2.75) is 55.4 Å². The number of hydrogen-bond acceptors (Lipinski definition) is 2. The lowest BCUT2D eigenvalue weighted by Gasteiger charge is -2.22. The van der Waals surface area contributed by atoms with Gasteiger partial charge >= 0.3 is 0 Å². The summed E-state index contributed by atoms with van der Waals surface area (Å²) < 4.78 is 12.1. The van der Waals surface area contributed by atoms with E-state index in [0.717, 1.165) is 56.0 Å². The highest BCUT2D eigenvalue weighted by Gasteiger charge is 2.21. The molecule has 0 amide bonds. The van der Waals surface area contributed by atoms with Gasteiger partial charge in [-0.15, -0.1) is 0 Å². The normalized spacial score (nSPS) is 11.5. The van der Waals surface area contributed by atoms with E-state index < -0.39 is 0 Å². The van der Waals surface area contributed by atoms with Gasteiger partial charge in [0.25, 0.3) is 0 Å². The zero-order valence-corrected chi connectivity index (χ0v) is 43.1. The topological polar surface area (TPSA) is 18.5 Å². The summed E-state index contributed by atoms with van der Waals surface area (Å²) in [6, 6.07) is 67.1. The van der Waals surface area contributed by atoms with Crippen LogP contribution in [0.15, 0.2) is 182 Å². The number of ether oxygens (including phenoxy) is 2. The Kier molecular flexibility index (Phi) is 11.9. The molecular weight excluding hydrogens is 873 g/mol. The summed E-state index contributed by atoms with van der Waals surface area (Å²) in [5.74, 6) is 1.71. The van der Waals surface area contributed by atoms with Crippen LogP contribution < -0.4 is 9.47 Å². The van der Waals surface area contributed by atoms with E-state index in [2.05, 4.69) is 237 Å².